The van der Waals surface area contributed by atoms with E-state index in [-0.39, 0.29) is 5.41 Å². The molecule has 0 aliphatic carbocycles. The van der Waals surface area contributed by atoms with Crippen LogP contribution in [0.3, 0.4) is 0 Å². The van der Waals surface area contributed by atoms with Gasteiger partial charge in [-0.3, -0.25) is 0 Å². The van der Waals surface area contributed by atoms with Gasteiger partial charge in [0.25, 0.3) is 0 Å². The van der Waals surface area contributed by atoms with E-state index in [1.54, 1.807) is 0 Å². The highest BCUT2D eigenvalue weighted by Crippen LogP contribution is 2.24. The van der Waals surface area contributed by atoms with Gasteiger partial charge in [-0.15, -0.1) is 0 Å². The van der Waals surface area contributed by atoms with Crippen LogP contribution in [-0.4, -0.2) is 16.5 Å². The quantitative estimate of drug-likeness (QED) is 0.879. The second-order valence-corrected chi connectivity index (χ2v) is 5.18. The van der Waals surface area contributed by atoms with Gasteiger partial charge in [-0.2, -0.15) is 0 Å². The van der Waals surface area contributed by atoms with Crippen molar-refractivity contribution >= 4 is 11.6 Å². The Balaban J connectivity index is 2.33. The second kappa shape index (κ2) is 4.51. The number of benzene rings is 1. The third-order valence-electron chi connectivity index (χ3n) is 2.88. The van der Waals surface area contributed by atoms with Crippen LogP contribution in [0.2, 0.25) is 5.02 Å². The van der Waals surface area contributed by atoms with E-state index >= 15 is 0 Å². The number of aromatic nitrogens is 2. The minimum absolute atomic E-state index is 0.134. The summed E-state index contributed by atoms with van der Waals surface area (Å²) in [5.41, 5.74) is 7.65. The Hall–Kier alpha value is -1.32. The molecule has 0 saturated carbocycles. The number of nitrogens with two attached hydrogens (primary N) is 1. The first kappa shape index (κ1) is 12.1. The molecule has 0 atom stereocenters. The summed E-state index contributed by atoms with van der Waals surface area (Å²) >= 11 is 5.86. The van der Waals surface area contributed by atoms with Crippen molar-refractivity contribution in [2.45, 2.75) is 19.3 Å². The molecule has 0 spiro atoms. The van der Waals surface area contributed by atoms with Crippen molar-refractivity contribution in [2.24, 2.45) is 5.73 Å². The third-order valence-corrected chi connectivity index (χ3v) is 3.13. The summed E-state index contributed by atoms with van der Waals surface area (Å²) in [6.45, 7) is 4.69. The molecule has 3 nitrogen and oxygen atoms in total. The Morgan fingerprint density at radius 1 is 1.29 bits per heavy atom. The van der Waals surface area contributed by atoms with E-state index in [1.807, 2.05) is 30.5 Å². The Labute approximate surface area is 106 Å². The van der Waals surface area contributed by atoms with E-state index in [9.17, 15) is 0 Å². The summed E-state index contributed by atoms with van der Waals surface area (Å²) in [4.78, 5) is 7.69. The smallest absolute Gasteiger partial charge is 0.113 e. The summed E-state index contributed by atoms with van der Waals surface area (Å²) in [5, 5.41) is 0.732. The van der Waals surface area contributed by atoms with E-state index in [2.05, 4.69) is 23.8 Å². The molecule has 0 saturated heterocycles. The van der Waals surface area contributed by atoms with Crippen LogP contribution in [-0.2, 0) is 5.41 Å². The van der Waals surface area contributed by atoms with Gasteiger partial charge in [0.15, 0.2) is 0 Å². The fourth-order valence-corrected chi connectivity index (χ4v) is 1.66. The van der Waals surface area contributed by atoms with Crippen molar-refractivity contribution in [1.29, 1.82) is 0 Å². The van der Waals surface area contributed by atoms with Gasteiger partial charge < -0.3 is 10.7 Å². The van der Waals surface area contributed by atoms with Crippen molar-refractivity contribution in [3.8, 4) is 11.3 Å². The molecule has 1 aromatic heterocycles. The van der Waals surface area contributed by atoms with Gasteiger partial charge in [-0.05, 0) is 17.7 Å². The predicted octanol–water partition coefficient (Wildman–Crippen LogP) is 2.97. The molecule has 0 bridgehead atoms. The first-order valence-electron chi connectivity index (χ1n) is 5.54. The van der Waals surface area contributed by atoms with E-state index in [0.717, 1.165) is 22.1 Å². The molecular formula is C13H16ClN3. The van der Waals surface area contributed by atoms with Crippen LogP contribution in [0.5, 0.6) is 0 Å². The summed E-state index contributed by atoms with van der Waals surface area (Å²) in [7, 11) is 0. The van der Waals surface area contributed by atoms with Crippen LogP contribution < -0.4 is 5.73 Å². The number of nitrogens with zero attached hydrogens (tertiary/aromatic N) is 1. The van der Waals surface area contributed by atoms with Gasteiger partial charge in [0, 0.05) is 17.0 Å². The average molecular weight is 250 g/mol. The molecule has 1 heterocycles. The Morgan fingerprint density at radius 3 is 2.53 bits per heavy atom. The first-order chi connectivity index (χ1) is 8.03. The largest absolute Gasteiger partial charge is 0.342 e. The number of H-pyrrole nitrogens is 1. The summed E-state index contributed by atoms with van der Waals surface area (Å²) < 4.78 is 0. The lowest BCUT2D eigenvalue weighted by Crippen LogP contribution is -2.29. The molecular weight excluding hydrogens is 234 g/mol. The Morgan fingerprint density at radius 2 is 1.94 bits per heavy atom. The van der Waals surface area contributed by atoms with Gasteiger partial charge in [-0.1, -0.05) is 37.6 Å². The lowest BCUT2D eigenvalue weighted by Gasteiger charge is -2.18. The lowest BCUT2D eigenvalue weighted by atomic mass is 9.93. The predicted molar refractivity (Wildman–Crippen MR) is 71.1 cm³/mol. The van der Waals surface area contributed by atoms with Crippen molar-refractivity contribution in [3.05, 3.63) is 41.3 Å². The van der Waals surface area contributed by atoms with Crippen LogP contribution >= 0.6 is 11.6 Å². The third kappa shape index (κ3) is 2.51. The number of hydrogen-bond acceptors (Lipinski definition) is 2. The van der Waals surface area contributed by atoms with E-state index in [4.69, 9.17) is 17.3 Å². The highest BCUT2D eigenvalue weighted by Gasteiger charge is 2.22. The molecule has 0 radical (unpaired) electrons. The minimum Gasteiger partial charge on any atom is -0.342 e. The number of nitrogens with one attached hydrogen (secondary N) is 1. The maximum Gasteiger partial charge on any atom is 0.113 e. The van der Waals surface area contributed by atoms with Crippen LogP contribution in [0.4, 0.5) is 0 Å². The van der Waals surface area contributed by atoms with Crippen molar-refractivity contribution in [3.63, 3.8) is 0 Å². The standard InChI is InChI=1S/C13H16ClN3/c1-13(2,8-15)12-16-7-11(17-12)9-3-5-10(14)6-4-9/h3-7H,8,15H2,1-2H3,(H,16,17). The maximum absolute atomic E-state index is 5.86. The van der Waals surface area contributed by atoms with Gasteiger partial charge in [0.1, 0.15) is 5.82 Å². The molecule has 4 heteroatoms. The molecule has 3 N–H and O–H groups in total. The highest BCUT2D eigenvalue weighted by atomic mass is 35.5. The van der Waals surface area contributed by atoms with E-state index in [0.29, 0.717) is 6.54 Å². The average Bonchev–Trinajstić information content (AvgIpc) is 2.80. The van der Waals surface area contributed by atoms with Gasteiger partial charge in [0.05, 0.1) is 11.9 Å². The van der Waals surface area contributed by atoms with Crippen LogP contribution in [0.1, 0.15) is 19.7 Å². The molecule has 0 aliphatic rings. The Kier molecular flexibility index (Phi) is 3.22. The molecule has 0 aliphatic heterocycles. The van der Waals surface area contributed by atoms with Gasteiger partial charge in [-0.25, -0.2) is 4.98 Å². The number of imidazole rings is 1. The maximum atomic E-state index is 5.86. The van der Waals surface area contributed by atoms with Crippen molar-refractivity contribution < 1.29 is 0 Å². The van der Waals surface area contributed by atoms with Crippen LogP contribution in [0, 0.1) is 0 Å². The van der Waals surface area contributed by atoms with Crippen molar-refractivity contribution in [2.75, 3.05) is 6.54 Å². The second-order valence-electron chi connectivity index (χ2n) is 4.74. The first-order valence-corrected chi connectivity index (χ1v) is 5.92. The molecule has 2 rings (SSSR count). The van der Waals surface area contributed by atoms with Crippen LogP contribution in [0.15, 0.2) is 30.5 Å². The summed E-state index contributed by atoms with van der Waals surface area (Å²) in [6.07, 6.45) is 1.83. The van der Waals surface area contributed by atoms with E-state index in [1.165, 1.54) is 0 Å². The molecule has 1 aromatic carbocycles. The summed E-state index contributed by atoms with van der Waals surface area (Å²) in [5.74, 6) is 0.907. The molecule has 90 valence electrons. The highest BCUT2D eigenvalue weighted by molar-refractivity contribution is 6.30. The number of hydrogen-bond donors (Lipinski definition) is 2. The van der Waals surface area contributed by atoms with Gasteiger partial charge in [0.2, 0.25) is 0 Å². The van der Waals surface area contributed by atoms with Crippen molar-refractivity contribution in [1.82, 2.24) is 9.97 Å². The molecule has 0 fully saturated rings. The SMILES string of the molecule is CC(C)(CN)c1ncc(-c2ccc(Cl)cc2)[nH]1. The topological polar surface area (TPSA) is 54.7 Å². The summed E-state index contributed by atoms with van der Waals surface area (Å²) in [6, 6.07) is 7.67. The number of halogens is 1. The Bertz CT molecular complexity index is 500. The zero-order valence-electron chi connectivity index (χ0n) is 10.00. The molecule has 17 heavy (non-hydrogen) atoms. The lowest BCUT2D eigenvalue weighted by molar-refractivity contribution is 0.508. The zero-order valence-corrected chi connectivity index (χ0v) is 10.8. The van der Waals surface area contributed by atoms with Gasteiger partial charge >= 0.3 is 0 Å². The fourth-order valence-electron chi connectivity index (χ4n) is 1.54. The number of aromatic amines is 1. The molecule has 0 unspecified atom stereocenters. The minimum atomic E-state index is -0.134. The van der Waals surface area contributed by atoms with Crippen LogP contribution in [0.25, 0.3) is 11.3 Å². The number of rotatable bonds is 3. The molecule has 0 amide bonds. The fraction of sp³-hybridized carbons (Fsp3) is 0.308. The van der Waals surface area contributed by atoms with E-state index < -0.39 is 0 Å². The zero-order chi connectivity index (χ0) is 12.5. The molecule has 2 aromatic rings. The normalized spacial score (nSPS) is 11.8. The monoisotopic (exact) mass is 249 g/mol.